The zero-order chi connectivity index (χ0) is 11.6. The van der Waals surface area contributed by atoms with Crippen LogP contribution in [0.4, 0.5) is 0 Å². The average molecular weight is 215 g/mol. The molecule has 1 N–H and O–H groups in total. The maximum Gasteiger partial charge on any atom is 0.155 e. The predicted octanol–water partition coefficient (Wildman–Crippen LogP) is 3.40. The van der Waals surface area contributed by atoms with E-state index < -0.39 is 0 Å². The highest BCUT2D eigenvalue weighted by Gasteiger charge is 2.30. The molecule has 0 amide bonds. The summed E-state index contributed by atoms with van der Waals surface area (Å²) in [5.41, 5.74) is -0.249. The van der Waals surface area contributed by atoms with Gasteiger partial charge in [-0.1, -0.05) is 35.1 Å². The fraction of sp³-hybridized carbons (Fsp3) is 0.923. The van der Waals surface area contributed by atoms with Gasteiger partial charge >= 0.3 is 0 Å². The van der Waals surface area contributed by atoms with Gasteiger partial charge in [-0.25, -0.2) is 0 Å². The van der Waals surface area contributed by atoms with E-state index in [1.165, 1.54) is 0 Å². The lowest BCUT2D eigenvalue weighted by Crippen LogP contribution is -2.50. The lowest BCUT2D eigenvalue weighted by atomic mass is 9.85. The third-order valence-corrected chi connectivity index (χ3v) is 2.07. The first-order chi connectivity index (χ1) is 6.08. The molecule has 0 aliphatic carbocycles. The molecule has 0 aliphatic rings. The summed E-state index contributed by atoms with van der Waals surface area (Å²) in [5, 5.41) is 3.36. The normalized spacial score (nSPS) is 14.3. The summed E-state index contributed by atoms with van der Waals surface area (Å²) in [5.74, 6) is 0.301. The van der Waals surface area contributed by atoms with E-state index in [1.54, 1.807) is 0 Å². The first kappa shape index (κ1) is 17.0. The van der Waals surface area contributed by atoms with Gasteiger partial charge in [-0.3, -0.25) is 4.79 Å². The van der Waals surface area contributed by atoms with Gasteiger partial charge < -0.3 is 5.32 Å². The van der Waals surface area contributed by atoms with Gasteiger partial charge in [0.15, 0.2) is 5.78 Å². The molecule has 0 saturated heterocycles. The molecule has 92 valence electrons. The predicted molar refractivity (Wildman–Crippen MR) is 68.2 cm³/mol. The van der Waals surface area contributed by atoms with Crippen LogP contribution in [-0.2, 0) is 4.79 Å². The summed E-state index contributed by atoms with van der Waals surface area (Å²) in [7, 11) is 0. The van der Waals surface area contributed by atoms with E-state index in [0.717, 1.165) is 6.42 Å². The molecule has 0 aliphatic heterocycles. The molecule has 0 saturated carbocycles. The Morgan fingerprint density at radius 3 is 1.73 bits per heavy atom. The van der Waals surface area contributed by atoms with Crippen LogP contribution in [-0.4, -0.2) is 17.4 Å². The molecule has 0 aromatic rings. The minimum Gasteiger partial charge on any atom is -0.303 e. The first-order valence-corrected chi connectivity index (χ1v) is 5.40. The van der Waals surface area contributed by atoms with Crippen LogP contribution in [0.15, 0.2) is 0 Å². The number of carbonyl (C=O) groups is 1. The quantitative estimate of drug-likeness (QED) is 0.781. The maximum atomic E-state index is 12.0. The van der Waals surface area contributed by atoms with Crippen LogP contribution in [0.5, 0.6) is 0 Å². The molecule has 2 nitrogen and oxygen atoms in total. The van der Waals surface area contributed by atoms with Crippen LogP contribution in [0.2, 0.25) is 0 Å². The Hall–Kier alpha value is -0.370. The maximum absolute atomic E-state index is 12.0. The van der Waals surface area contributed by atoms with Crippen molar-refractivity contribution in [2.24, 2.45) is 5.41 Å². The van der Waals surface area contributed by atoms with Crippen molar-refractivity contribution in [2.75, 3.05) is 0 Å². The van der Waals surface area contributed by atoms with Crippen LogP contribution < -0.4 is 5.32 Å². The third kappa shape index (κ3) is 6.67. The van der Waals surface area contributed by atoms with Gasteiger partial charge in [-0.15, -0.1) is 0 Å². The lowest BCUT2D eigenvalue weighted by molar-refractivity contribution is -0.129. The summed E-state index contributed by atoms with van der Waals surface area (Å²) in [6, 6.07) is -0.0185. The SMILES string of the molecule is C.CCC(NC(C)(C)C)C(=O)C(C)(C)C. The molecule has 1 unspecified atom stereocenters. The number of carbonyl (C=O) groups excluding carboxylic acids is 1. The lowest BCUT2D eigenvalue weighted by Gasteiger charge is -2.31. The minimum absolute atomic E-state index is 0. The average Bonchev–Trinajstić information content (AvgIpc) is 1.95. The zero-order valence-electron chi connectivity index (χ0n) is 10.7. The van der Waals surface area contributed by atoms with E-state index in [4.69, 9.17) is 0 Å². The summed E-state index contributed by atoms with van der Waals surface area (Å²) in [4.78, 5) is 12.0. The Balaban J connectivity index is 0. The van der Waals surface area contributed by atoms with Crippen LogP contribution in [0.3, 0.4) is 0 Å². The van der Waals surface area contributed by atoms with Crippen LogP contribution in [0.1, 0.15) is 62.3 Å². The molecule has 0 aromatic carbocycles. The molecule has 0 fully saturated rings. The molecule has 1 atom stereocenters. The molecule has 0 spiro atoms. The van der Waals surface area contributed by atoms with Crippen molar-refractivity contribution >= 4 is 5.78 Å². The van der Waals surface area contributed by atoms with Crippen molar-refractivity contribution in [2.45, 2.75) is 73.9 Å². The Labute approximate surface area is 95.8 Å². The van der Waals surface area contributed by atoms with E-state index in [1.807, 2.05) is 27.7 Å². The van der Waals surface area contributed by atoms with Gasteiger partial charge in [0, 0.05) is 11.0 Å². The van der Waals surface area contributed by atoms with Gasteiger partial charge in [-0.2, -0.15) is 0 Å². The highest BCUT2D eigenvalue weighted by atomic mass is 16.1. The molecule has 15 heavy (non-hydrogen) atoms. The molecular weight excluding hydrogens is 186 g/mol. The second kappa shape index (κ2) is 5.64. The molecule has 0 rings (SSSR count). The summed E-state index contributed by atoms with van der Waals surface area (Å²) < 4.78 is 0. The fourth-order valence-corrected chi connectivity index (χ4v) is 1.40. The topological polar surface area (TPSA) is 29.1 Å². The second-order valence-electron chi connectivity index (χ2n) is 5.97. The van der Waals surface area contributed by atoms with Gasteiger partial charge in [0.25, 0.3) is 0 Å². The van der Waals surface area contributed by atoms with Crippen molar-refractivity contribution < 1.29 is 4.79 Å². The largest absolute Gasteiger partial charge is 0.303 e. The number of ketones is 1. The molecule has 0 bridgehead atoms. The Morgan fingerprint density at radius 2 is 1.53 bits per heavy atom. The summed E-state index contributed by atoms with van der Waals surface area (Å²) in [6.07, 6.45) is 0.855. The highest BCUT2D eigenvalue weighted by molar-refractivity contribution is 5.88. The van der Waals surface area contributed by atoms with E-state index >= 15 is 0 Å². The Morgan fingerprint density at radius 1 is 1.13 bits per heavy atom. The standard InChI is InChI=1S/C12H25NO.CH4/c1-8-9(13-12(5,6)7)10(14)11(2,3)4;/h9,13H,8H2,1-7H3;1H4. The molecule has 0 aromatic heterocycles. The van der Waals surface area contributed by atoms with Gasteiger partial charge in [-0.05, 0) is 27.2 Å². The summed E-state index contributed by atoms with van der Waals surface area (Å²) in [6.45, 7) is 14.2. The van der Waals surface area contributed by atoms with Crippen LogP contribution in [0, 0.1) is 5.41 Å². The van der Waals surface area contributed by atoms with Crippen LogP contribution in [0.25, 0.3) is 0 Å². The fourth-order valence-electron chi connectivity index (χ4n) is 1.40. The van der Waals surface area contributed by atoms with E-state index in [9.17, 15) is 4.79 Å². The number of hydrogen-bond acceptors (Lipinski definition) is 2. The first-order valence-electron chi connectivity index (χ1n) is 5.40. The Bertz CT molecular complexity index is 196. The van der Waals surface area contributed by atoms with E-state index in [-0.39, 0.29) is 24.4 Å². The molecular formula is C13H29NO. The smallest absolute Gasteiger partial charge is 0.155 e. The number of nitrogens with one attached hydrogen (secondary N) is 1. The number of hydrogen-bond donors (Lipinski definition) is 1. The van der Waals surface area contributed by atoms with Gasteiger partial charge in [0.05, 0.1) is 6.04 Å². The van der Waals surface area contributed by atoms with E-state index in [2.05, 4.69) is 26.1 Å². The minimum atomic E-state index is -0.251. The number of rotatable bonds is 3. The van der Waals surface area contributed by atoms with Crippen molar-refractivity contribution in [3.63, 3.8) is 0 Å². The zero-order valence-corrected chi connectivity index (χ0v) is 10.7. The van der Waals surface area contributed by atoms with Crippen molar-refractivity contribution in [3.8, 4) is 0 Å². The number of Topliss-reactive ketones (excluding diaryl/α,β-unsaturated/α-hetero) is 1. The monoisotopic (exact) mass is 215 g/mol. The summed E-state index contributed by atoms with van der Waals surface area (Å²) >= 11 is 0. The van der Waals surface area contributed by atoms with E-state index in [0.29, 0.717) is 5.78 Å². The third-order valence-electron chi connectivity index (χ3n) is 2.07. The van der Waals surface area contributed by atoms with Gasteiger partial charge in [0.2, 0.25) is 0 Å². The highest BCUT2D eigenvalue weighted by Crippen LogP contribution is 2.19. The second-order valence-corrected chi connectivity index (χ2v) is 5.97. The molecule has 2 heteroatoms. The van der Waals surface area contributed by atoms with Crippen molar-refractivity contribution in [1.82, 2.24) is 5.32 Å². The van der Waals surface area contributed by atoms with Gasteiger partial charge in [0.1, 0.15) is 0 Å². The van der Waals surface area contributed by atoms with Crippen molar-refractivity contribution in [1.29, 1.82) is 0 Å². The van der Waals surface area contributed by atoms with Crippen LogP contribution >= 0.6 is 0 Å². The molecule has 0 heterocycles. The van der Waals surface area contributed by atoms with Crippen molar-refractivity contribution in [3.05, 3.63) is 0 Å². The molecule has 0 radical (unpaired) electrons. The Kier molecular flexibility index (Phi) is 6.41.